The summed E-state index contributed by atoms with van der Waals surface area (Å²) < 4.78 is 10.4. The van der Waals surface area contributed by atoms with Gasteiger partial charge in [0.05, 0.1) is 6.61 Å². The summed E-state index contributed by atoms with van der Waals surface area (Å²) in [7, 11) is 0. The van der Waals surface area contributed by atoms with Crippen molar-refractivity contribution in [2.75, 3.05) is 6.61 Å². The lowest BCUT2D eigenvalue weighted by atomic mass is 10.1. The van der Waals surface area contributed by atoms with Gasteiger partial charge in [-0.2, -0.15) is 4.98 Å². The van der Waals surface area contributed by atoms with Crippen LogP contribution in [0.2, 0.25) is 0 Å². The Morgan fingerprint density at radius 3 is 2.95 bits per heavy atom. The Morgan fingerprint density at radius 1 is 1.50 bits per heavy atom. The van der Waals surface area contributed by atoms with Crippen LogP contribution in [0.15, 0.2) is 23.0 Å². The summed E-state index contributed by atoms with van der Waals surface area (Å²) in [5.41, 5.74) is 1.10. The first-order valence-electron chi connectivity index (χ1n) is 6.60. The second-order valence-electron chi connectivity index (χ2n) is 4.92. The van der Waals surface area contributed by atoms with Gasteiger partial charge in [0.25, 0.3) is 0 Å². The van der Waals surface area contributed by atoms with E-state index in [1.54, 1.807) is 19.3 Å². The van der Waals surface area contributed by atoms with Crippen LogP contribution in [0.5, 0.6) is 0 Å². The van der Waals surface area contributed by atoms with Gasteiger partial charge in [-0.15, -0.1) is 0 Å². The molecule has 1 aliphatic rings. The number of hydrogen-bond donors (Lipinski definition) is 0. The number of pyridine rings is 1. The van der Waals surface area contributed by atoms with E-state index in [0.717, 1.165) is 11.1 Å². The first kappa shape index (κ1) is 12.8. The van der Waals surface area contributed by atoms with Crippen LogP contribution >= 0.6 is 0 Å². The first-order valence-corrected chi connectivity index (χ1v) is 6.60. The molecule has 0 bridgehead atoms. The first-order chi connectivity index (χ1) is 9.67. The quantitative estimate of drug-likeness (QED) is 0.793. The Kier molecular flexibility index (Phi) is 3.00. The molecule has 1 aliphatic carbocycles. The van der Waals surface area contributed by atoms with Crippen molar-refractivity contribution < 1.29 is 14.1 Å². The summed E-state index contributed by atoms with van der Waals surface area (Å²) in [5, 5.41) is 3.97. The zero-order chi connectivity index (χ0) is 14.2. The van der Waals surface area contributed by atoms with Gasteiger partial charge in [-0.25, -0.2) is 0 Å². The van der Waals surface area contributed by atoms with E-state index >= 15 is 0 Å². The minimum absolute atomic E-state index is 0.276. The zero-order valence-electron chi connectivity index (χ0n) is 11.4. The fourth-order valence-electron chi connectivity index (χ4n) is 2.15. The average Bonchev–Trinajstić information content (AvgIpc) is 3.12. The lowest BCUT2D eigenvalue weighted by Gasteiger charge is -2.08. The third kappa shape index (κ3) is 1.97. The molecule has 1 fully saturated rings. The molecule has 0 spiro atoms. The lowest BCUT2D eigenvalue weighted by Crippen LogP contribution is -2.23. The van der Waals surface area contributed by atoms with Gasteiger partial charge < -0.3 is 9.26 Å². The van der Waals surface area contributed by atoms with Crippen molar-refractivity contribution in [3.05, 3.63) is 29.9 Å². The third-order valence-corrected chi connectivity index (χ3v) is 3.51. The highest BCUT2D eigenvalue weighted by molar-refractivity contribution is 5.85. The SMILES string of the molecule is CCOC(=O)C1(c2nc(-c3ccncc3C)no2)CC1. The van der Waals surface area contributed by atoms with Crippen LogP contribution in [-0.2, 0) is 14.9 Å². The molecule has 1 saturated carbocycles. The summed E-state index contributed by atoms with van der Waals surface area (Å²) in [6.45, 7) is 4.06. The number of aryl methyl sites for hydroxylation is 1. The van der Waals surface area contributed by atoms with E-state index in [1.165, 1.54) is 0 Å². The number of esters is 1. The molecule has 104 valence electrons. The number of nitrogens with zero attached hydrogens (tertiary/aromatic N) is 3. The second-order valence-corrected chi connectivity index (χ2v) is 4.92. The summed E-state index contributed by atoms with van der Waals surface area (Å²) in [5.74, 6) is 0.555. The molecule has 6 heteroatoms. The molecule has 0 N–H and O–H groups in total. The maximum atomic E-state index is 12.0. The van der Waals surface area contributed by atoms with Crippen LogP contribution in [0.3, 0.4) is 0 Å². The van der Waals surface area contributed by atoms with E-state index in [2.05, 4.69) is 15.1 Å². The third-order valence-electron chi connectivity index (χ3n) is 3.51. The molecule has 0 unspecified atom stereocenters. The molecule has 20 heavy (non-hydrogen) atoms. The largest absolute Gasteiger partial charge is 0.465 e. The van der Waals surface area contributed by atoms with Gasteiger partial charge in [-0.05, 0) is 38.3 Å². The smallest absolute Gasteiger partial charge is 0.321 e. The van der Waals surface area contributed by atoms with Crippen molar-refractivity contribution in [1.29, 1.82) is 0 Å². The van der Waals surface area contributed by atoms with Crippen molar-refractivity contribution in [3.63, 3.8) is 0 Å². The normalized spacial score (nSPS) is 15.9. The summed E-state index contributed by atoms with van der Waals surface area (Å²) in [6, 6.07) is 1.83. The van der Waals surface area contributed by atoms with Crippen LogP contribution in [0.25, 0.3) is 11.4 Å². The predicted octanol–water partition coefficient (Wildman–Crippen LogP) is 2.03. The summed E-state index contributed by atoms with van der Waals surface area (Å²) >= 11 is 0. The number of aromatic nitrogens is 3. The van der Waals surface area contributed by atoms with E-state index in [-0.39, 0.29) is 5.97 Å². The molecule has 2 aromatic heterocycles. The van der Waals surface area contributed by atoms with Crippen LogP contribution in [0.1, 0.15) is 31.2 Å². The van der Waals surface area contributed by atoms with Gasteiger partial charge in [-0.3, -0.25) is 9.78 Å². The Balaban J connectivity index is 1.92. The molecule has 0 radical (unpaired) electrons. The molecule has 0 saturated heterocycles. The minimum atomic E-state index is -0.720. The lowest BCUT2D eigenvalue weighted by molar-refractivity contribution is -0.146. The Bertz CT molecular complexity index is 647. The Morgan fingerprint density at radius 2 is 2.30 bits per heavy atom. The number of hydrogen-bond acceptors (Lipinski definition) is 6. The van der Waals surface area contributed by atoms with E-state index in [1.807, 2.05) is 13.0 Å². The van der Waals surface area contributed by atoms with Gasteiger partial charge in [0.15, 0.2) is 0 Å². The summed E-state index contributed by atoms with van der Waals surface area (Å²) in [4.78, 5) is 20.4. The predicted molar refractivity (Wildman–Crippen MR) is 69.8 cm³/mol. The van der Waals surface area contributed by atoms with Gasteiger partial charge in [0.2, 0.25) is 11.7 Å². The van der Waals surface area contributed by atoms with Gasteiger partial charge in [0.1, 0.15) is 5.41 Å². The van der Waals surface area contributed by atoms with E-state index in [9.17, 15) is 4.79 Å². The molecule has 0 amide bonds. The molecule has 2 heterocycles. The second kappa shape index (κ2) is 4.70. The maximum absolute atomic E-state index is 12.0. The average molecular weight is 273 g/mol. The highest BCUT2D eigenvalue weighted by atomic mass is 16.5. The molecule has 0 aromatic carbocycles. The van der Waals surface area contributed by atoms with E-state index in [0.29, 0.717) is 31.2 Å². The van der Waals surface area contributed by atoms with Gasteiger partial charge >= 0.3 is 5.97 Å². The molecule has 0 atom stereocenters. The van der Waals surface area contributed by atoms with Crippen LogP contribution in [-0.4, -0.2) is 27.7 Å². The van der Waals surface area contributed by atoms with Gasteiger partial charge in [0, 0.05) is 18.0 Å². The number of rotatable bonds is 4. The van der Waals surface area contributed by atoms with Crippen LogP contribution in [0.4, 0.5) is 0 Å². The van der Waals surface area contributed by atoms with E-state index in [4.69, 9.17) is 9.26 Å². The van der Waals surface area contributed by atoms with E-state index < -0.39 is 5.41 Å². The molecule has 6 nitrogen and oxygen atoms in total. The highest BCUT2D eigenvalue weighted by Crippen LogP contribution is 2.48. The Hall–Kier alpha value is -2.24. The maximum Gasteiger partial charge on any atom is 0.321 e. The topological polar surface area (TPSA) is 78.1 Å². The molecular formula is C14H15N3O3. The van der Waals surface area contributed by atoms with Crippen molar-refractivity contribution in [1.82, 2.24) is 15.1 Å². The van der Waals surface area contributed by atoms with Gasteiger partial charge in [-0.1, -0.05) is 5.16 Å². The van der Waals surface area contributed by atoms with Crippen LogP contribution in [0, 0.1) is 6.92 Å². The molecular weight excluding hydrogens is 258 g/mol. The standard InChI is InChI=1S/C14H15N3O3/c1-3-19-13(18)14(5-6-14)12-16-11(17-20-12)10-4-7-15-8-9(10)2/h4,7-8H,3,5-6H2,1-2H3. The minimum Gasteiger partial charge on any atom is -0.465 e. The number of carbonyl (C=O) groups is 1. The van der Waals surface area contributed by atoms with Crippen LogP contribution < -0.4 is 0 Å². The summed E-state index contributed by atoms with van der Waals surface area (Å²) in [6.07, 6.45) is 4.81. The molecule has 2 aromatic rings. The van der Waals surface area contributed by atoms with Crippen molar-refractivity contribution >= 4 is 5.97 Å². The zero-order valence-corrected chi connectivity index (χ0v) is 11.4. The monoisotopic (exact) mass is 273 g/mol. The van der Waals surface area contributed by atoms with Crippen molar-refractivity contribution in [2.45, 2.75) is 32.1 Å². The number of ether oxygens (including phenoxy) is 1. The van der Waals surface area contributed by atoms with Crippen molar-refractivity contribution in [3.8, 4) is 11.4 Å². The molecule has 0 aliphatic heterocycles. The fraction of sp³-hybridized carbons (Fsp3) is 0.429. The molecule has 3 rings (SSSR count). The highest BCUT2D eigenvalue weighted by Gasteiger charge is 2.57. The Labute approximate surface area is 116 Å². The van der Waals surface area contributed by atoms with Crippen molar-refractivity contribution in [2.24, 2.45) is 0 Å². The fourth-order valence-corrected chi connectivity index (χ4v) is 2.15. The number of carbonyl (C=O) groups excluding carboxylic acids is 1.